The number of para-hydroxylation sites is 1. The summed E-state index contributed by atoms with van der Waals surface area (Å²) in [4.78, 5) is 23.2. The number of anilines is 1. The highest BCUT2D eigenvalue weighted by Crippen LogP contribution is 2.31. The van der Waals surface area contributed by atoms with Crippen molar-refractivity contribution in [3.8, 4) is 0 Å². The minimum Gasteiger partial charge on any atom is -0.481 e. The molecule has 0 saturated carbocycles. The van der Waals surface area contributed by atoms with Crippen molar-refractivity contribution in [3.63, 3.8) is 0 Å². The summed E-state index contributed by atoms with van der Waals surface area (Å²) < 4.78 is 13.6. The summed E-state index contributed by atoms with van der Waals surface area (Å²) in [6.07, 6.45) is 0. The first kappa shape index (κ1) is 17.2. The van der Waals surface area contributed by atoms with Gasteiger partial charge in [-0.15, -0.1) is 0 Å². The number of hydrogen-bond donors (Lipinski definition) is 3. The fraction of sp³-hybridized carbons (Fsp3) is 0.429. The van der Waals surface area contributed by atoms with Crippen LogP contribution in [0.3, 0.4) is 0 Å². The van der Waals surface area contributed by atoms with E-state index in [-0.39, 0.29) is 10.7 Å². The summed E-state index contributed by atoms with van der Waals surface area (Å²) in [6, 6.07) is 3.28. The average Bonchev–Trinajstić information content (AvgIpc) is 2.33. The molecule has 116 valence electrons. The topological polar surface area (TPSA) is 78.4 Å². The first-order valence-electron chi connectivity index (χ1n) is 6.25. The Kier molecular flexibility index (Phi) is 4.83. The van der Waals surface area contributed by atoms with Crippen LogP contribution in [0.4, 0.5) is 14.9 Å². The smallest absolute Gasteiger partial charge is 0.319 e. The molecular weight excluding hydrogens is 299 g/mol. The van der Waals surface area contributed by atoms with Gasteiger partial charge in [0.25, 0.3) is 0 Å². The van der Waals surface area contributed by atoms with Crippen molar-refractivity contribution >= 4 is 29.3 Å². The van der Waals surface area contributed by atoms with Crippen LogP contribution in [0.1, 0.15) is 27.7 Å². The van der Waals surface area contributed by atoms with E-state index >= 15 is 0 Å². The number of amides is 2. The van der Waals surface area contributed by atoms with Crippen LogP contribution in [-0.2, 0) is 4.79 Å². The third-order valence-electron chi connectivity index (χ3n) is 3.72. The van der Waals surface area contributed by atoms with Crippen LogP contribution in [0.5, 0.6) is 0 Å². The Morgan fingerprint density at radius 2 is 1.81 bits per heavy atom. The lowest BCUT2D eigenvalue weighted by Crippen LogP contribution is -2.57. The summed E-state index contributed by atoms with van der Waals surface area (Å²) >= 11 is 5.81. The summed E-state index contributed by atoms with van der Waals surface area (Å²) in [5, 5.41) is 14.1. The van der Waals surface area contributed by atoms with Gasteiger partial charge in [0.05, 0.1) is 21.7 Å². The number of carbonyl (C=O) groups is 2. The van der Waals surface area contributed by atoms with Crippen LogP contribution in [0.25, 0.3) is 0 Å². The molecule has 0 aliphatic rings. The second kappa shape index (κ2) is 5.89. The predicted molar refractivity (Wildman–Crippen MR) is 79.1 cm³/mol. The molecule has 0 atom stereocenters. The summed E-state index contributed by atoms with van der Waals surface area (Å²) in [5.41, 5.74) is -2.44. The Balaban J connectivity index is 2.90. The molecule has 2 amide bonds. The number of hydrogen-bond acceptors (Lipinski definition) is 2. The highest BCUT2D eigenvalue weighted by Gasteiger charge is 2.44. The van der Waals surface area contributed by atoms with Gasteiger partial charge in [-0.25, -0.2) is 9.18 Å². The number of urea groups is 1. The van der Waals surface area contributed by atoms with Gasteiger partial charge < -0.3 is 15.7 Å². The van der Waals surface area contributed by atoms with E-state index in [4.69, 9.17) is 11.6 Å². The maximum Gasteiger partial charge on any atom is 0.319 e. The molecule has 1 rings (SSSR count). The molecule has 0 saturated heterocycles. The molecule has 5 nitrogen and oxygen atoms in total. The van der Waals surface area contributed by atoms with Gasteiger partial charge >= 0.3 is 12.0 Å². The minimum atomic E-state index is -1.22. The summed E-state index contributed by atoms with van der Waals surface area (Å²) in [5.74, 6) is -1.73. The second-order valence-corrected chi connectivity index (χ2v) is 6.14. The van der Waals surface area contributed by atoms with Gasteiger partial charge in [-0.3, -0.25) is 4.79 Å². The predicted octanol–water partition coefficient (Wildman–Crippen LogP) is 3.49. The normalized spacial score (nSPS) is 11.9. The largest absolute Gasteiger partial charge is 0.481 e. The fourth-order valence-electron chi connectivity index (χ4n) is 1.47. The Labute approximate surface area is 127 Å². The number of aliphatic carboxylic acids is 1. The molecule has 0 aliphatic carbocycles. The standard InChI is InChI=1S/C14H18ClFN2O3/c1-13(2,11(19)20)14(3,4)18-12(21)17-10-8(15)6-5-7-9(10)16/h5-7H,1-4H3,(H,19,20)(H2,17,18,21). The highest BCUT2D eigenvalue weighted by molar-refractivity contribution is 6.33. The number of benzene rings is 1. The van der Waals surface area contributed by atoms with Gasteiger partial charge in [0.1, 0.15) is 5.82 Å². The molecule has 0 radical (unpaired) electrons. The van der Waals surface area contributed by atoms with Gasteiger partial charge in [-0.05, 0) is 39.8 Å². The van der Waals surface area contributed by atoms with Crippen LogP contribution >= 0.6 is 11.6 Å². The average molecular weight is 317 g/mol. The molecule has 0 fully saturated rings. The quantitative estimate of drug-likeness (QED) is 0.795. The molecule has 1 aromatic rings. The van der Waals surface area contributed by atoms with E-state index in [1.165, 1.54) is 26.0 Å². The number of carboxylic acid groups (broad SMARTS) is 1. The lowest BCUT2D eigenvalue weighted by molar-refractivity contribution is -0.150. The molecular formula is C14H18ClFN2O3. The molecule has 7 heteroatoms. The van der Waals surface area contributed by atoms with E-state index in [0.29, 0.717) is 0 Å². The third-order valence-corrected chi connectivity index (χ3v) is 4.04. The lowest BCUT2D eigenvalue weighted by Gasteiger charge is -2.38. The van der Waals surface area contributed by atoms with E-state index in [1.54, 1.807) is 13.8 Å². The molecule has 3 N–H and O–H groups in total. The Hall–Kier alpha value is -1.82. The number of carboxylic acids is 1. The fourth-order valence-corrected chi connectivity index (χ4v) is 1.68. The molecule has 0 bridgehead atoms. The van der Waals surface area contributed by atoms with E-state index in [1.807, 2.05) is 0 Å². The summed E-state index contributed by atoms with van der Waals surface area (Å²) in [6.45, 7) is 6.13. The second-order valence-electron chi connectivity index (χ2n) is 5.73. The third kappa shape index (κ3) is 3.64. The van der Waals surface area contributed by atoms with Crippen LogP contribution in [-0.4, -0.2) is 22.6 Å². The van der Waals surface area contributed by atoms with E-state index in [0.717, 1.165) is 6.07 Å². The zero-order valence-electron chi connectivity index (χ0n) is 12.3. The highest BCUT2D eigenvalue weighted by atomic mass is 35.5. The van der Waals surface area contributed by atoms with Gasteiger partial charge in [0.15, 0.2) is 0 Å². The Morgan fingerprint density at radius 3 is 2.29 bits per heavy atom. The minimum absolute atomic E-state index is 0.0560. The maximum absolute atomic E-state index is 13.6. The van der Waals surface area contributed by atoms with Crippen molar-refractivity contribution in [1.29, 1.82) is 0 Å². The molecule has 0 heterocycles. The van der Waals surface area contributed by atoms with Gasteiger partial charge in [0, 0.05) is 0 Å². The van der Waals surface area contributed by atoms with Crippen molar-refractivity contribution in [1.82, 2.24) is 5.32 Å². The summed E-state index contributed by atoms with van der Waals surface area (Å²) in [7, 11) is 0. The van der Waals surface area contributed by atoms with Gasteiger partial charge in [-0.1, -0.05) is 17.7 Å². The lowest BCUT2D eigenvalue weighted by atomic mass is 9.74. The molecule has 0 spiro atoms. The first-order chi connectivity index (χ1) is 9.49. The van der Waals surface area contributed by atoms with Crippen LogP contribution in [0, 0.1) is 11.2 Å². The molecule has 0 unspecified atom stereocenters. The van der Waals surface area contributed by atoms with Crippen molar-refractivity contribution in [3.05, 3.63) is 29.0 Å². The first-order valence-corrected chi connectivity index (χ1v) is 6.63. The van der Waals surface area contributed by atoms with E-state index in [9.17, 15) is 19.1 Å². The van der Waals surface area contributed by atoms with Crippen molar-refractivity contribution in [2.45, 2.75) is 33.2 Å². The molecule has 0 aromatic heterocycles. The van der Waals surface area contributed by atoms with Crippen molar-refractivity contribution < 1.29 is 19.1 Å². The number of carbonyl (C=O) groups excluding carboxylic acids is 1. The molecule has 21 heavy (non-hydrogen) atoms. The van der Waals surface area contributed by atoms with Crippen LogP contribution < -0.4 is 10.6 Å². The van der Waals surface area contributed by atoms with Gasteiger partial charge in [0.2, 0.25) is 0 Å². The SMILES string of the molecule is CC(C)(NC(=O)Nc1c(F)cccc1Cl)C(C)(C)C(=O)O. The van der Waals surface area contributed by atoms with Crippen molar-refractivity contribution in [2.24, 2.45) is 5.41 Å². The zero-order chi connectivity index (χ0) is 16.4. The van der Waals surface area contributed by atoms with Crippen molar-refractivity contribution in [2.75, 3.05) is 5.32 Å². The zero-order valence-corrected chi connectivity index (χ0v) is 13.0. The molecule has 1 aromatic carbocycles. The number of halogens is 2. The van der Waals surface area contributed by atoms with Gasteiger partial charge in [-0.2, -0.15) is 0 Å². The number of rotatable bonds is 4. The van der Waals surface area contributed by atoms with E-state index < -0.39 is 28.8 Å². The van der Waals surface area contributed by atoms with Crippen LogP contribution in [0.2, 0.25) is 5.02 Å². The monoisotopic (exact) mass is 316 g/mol. The van der Waals surface area contributed by atoms with E-state index in [2.05, 4.69) is 10.6 Å². The van der Waals surface area contributed by atoms with Crippen LogP contribution in [0.15, 0.2) is 18.2 Å². The Bertz CT molecular complexity index is 553. The number of nitrogens with one attached hydrogen (secondary N) is 2. The Morgan fingerprint density at radius 1 is 1.24 bits per heavy atom. The molecule has 0 aliphatic heterocycles. The maximum atomic E-state index is 13.6.